The van der Waals surface area contributed by atoms with Gasteiger partial charge in [-0.05, 0) is 12.1 Å². The van der Waals surface area contributed by atoms with E-state index in [1.807, 2.05) is 24.3 Å². The van der Waals surface area contributed by atoms with Crippen LogP contribution in [-0.4, -0.2) is 10.8 Å². The molecule has 0 radical (unpaired) electrons. The van der Waals surface area contributed by atoms with Crippen LogP contribution in [0.5, 0.6) is 0 Å². The zero-order valence-corrected chi connectivity index (χ0v) is 11.1. The summed E-state index contributed by atoms with van der Waals surface area (Å²) in [5.41, 5.74) is 1.83. The highest BCUT2D eigenvalue weighted by Gasteiger charge is 2.21. The first-order valence-electron chi connectivity index (χ1n) is 5.63. The first kappa shape index (κ1) is 11.4. The van der Waals surface area contributed by atoms with Crippen LogP contribution in [0.3, 0.4) is 0 Å². The molecule has 0 saturated heterocycles. The van der Waals surface area contributed by atoms with Crippen LogP contribution in [0.4, 0.5) is 0 Å². The summed E-state index contributed by atoms with van der Waals surface area (Å²) < 4.78 is 6.52. The number of pyridine rings is 1. The molecular weight excluding hydrogens is 294 g/mol. The van der Waals surface area contributed by atoms with Gasteiger partial charge in [0, 0.05) is 27.7 Å². The summed E-state index contributed by atoms with van der Waals surface area (Å²) in [4.78, 5) is 15.9. The first-order valence-corrected chi connectivity index (χ1v) is 6.43. The van der Waals surface area contributed by atoms with Crippen LogP contribution >= 0.6 is 15.9 Å². The van der Waals surface area contributed by atoms with Crippen LogP contribution < -0.4 is 0 Å². The Balaban J connectivity index is 2.15. The average Bonchev–Trinajstić information content (AvgIpc) is 2.39. The summed E-state index contributed by atoms with van der Waals surface area (Å²) >= 11 is 3.51. The molecule has 0 spiro atoms. The Morgan fingerprint density at radius 1 is 1.33 bits per heavy atom. The lowest BCUT2D eigenvalue weighted by Gasteiger charge is -2.20. The number of halogens is 1. The molecule has 0 saturated carbocycles. The third-order valence-electron chi connectivity index (χ3n) is 2.98. The lowest BCUT2D eigenvalue weighted by Crippen LogP contribution is -2.12. The average molecular weight is 304 g/mol. The normalized spacial score (nSPS) is 18.9. The number of rotatable bonds is 1. The van der Waals surface area contributed by atoms with Crippen LogP contribution in [0.1, 0.15) is 18.1 Å². The van der Waals surface area contributed by atoms with E-state index in [4.69, 9.17) is 4.74 Å². The van der Waals surface area contributed by atoms with Gasteiger partial charge < -0.3 is 4.74 Å². The number of nitrogens with zero attached hydrogens (tertiary/aromatic N) is 1. The predicted molar refractivity (Wildman–Crippen MR) is 72.0 cm³/mol. The van der Waals surface area contributed by atoms with Crippen LogP contribution in [0.2, 0.25) is 0 Å². The SMILES string of the molecule is O=C1C=COC(c2ccc(Br)c3cccnc23)C1. The first-order chi connectivity index (χ1) is 8.75. The standard InChI is InChI=1S/C14H10BrNO2/c15-12-4-3-11(13-8-9(17)5-7-18-13)14-10(12)2-1-6-16-14/h1-7,13H,8H2. The van der Waals surface area contributed by atoms with Crippen molar-refractivity contribution in [3.05, 3.63) is 52.8 Å². The number of hydrogen-bond acceptors (Lipinski definition) is 3. The maximum Gasteiger partial charge on any atom is 0.162 e. The molecule has 3 rings (SSSR count). The topological polar surface area (TPSA) is 39.2 Å². The Kier molecular flexibility index (Phi) is 2.88. The van der Waals surface area contributed by atoms with E-state index in [1.54, 1.807) is 6.20 Å². The van der Waals surface area contributed by atoms with Gasteiger partial charge in [0.15, 0.2) is 5.78 Å². The summed E-state index contributed by atoms with van der Waals surface area (Å²) in [6.07, 6.45) is 4.80. The minimum Gasteiger partial charge on any atom is -0.493 e. The molecule has 3 nitrogen and oxygen atoms in total. The molecule has 1 atom stereocenters. The largest absolute Gasteiger partial charge is 0.493 e. The number of ketones is 1. The Morgan fingerprint density at radius 3 is 3.06 bits per heavy atom. The number of fused-ring (bicyclic) bond motifs is 1. The Hall–Kier alpha value is -1.68. The maximum absolute atomic E-state index is 11.5. The lowest BCUT2D eigenvalue weighted by molar-refractivity contribution is -0.118. The summed E-state index contributed by atoms with van der Waals surface area (Å²) in [7, 11) is 0. The van der Waals surface area contributed by atoms with Gasteiger partial charge in [-0.25, -0.2) is 0 Å². The fourth-order valence-electron chi connectivity index (χ4n) is 2.11. The lowest BCUT2D eigenvalue weighted by atomic mass is 9.99. The molecule has 0 aliphatic carbocycles. The van der Waals surface area contributed by atoms with Gasteiger partial charge in [0.1, 0.15) is 6.10 Å². The molecule has 1 aromatic heterocycles. The smallest absolute Gasteiger partial charge is 0.162 e. The number of allylic oxidation sites excluding steroid dienone is 1. The van der Waals surface area contributed by atoms with Gasteiger partial charge >= 0.3 is 0 Å². The zero-order valence-electron chi connectivity index (χ0n) is 9.47. The van der Waals surface area contributed by atoms with Crippen molar-refractivity contribution in [3.63, 3.8) is 0 Å². The second-order valence-corrected chi connectivity index (χ2v) is 4.99. The molecule has 0 amide bonds. The molecule has 0 fully saturated rings. The number of ether oxygens (including phenoxy) is 1. The van der Waals surface area contributed by atoms with Gasteiger partial charge in [-0.2, -0.15) is 0 Å². The minimum atomic E-state index is -0.243. The van der Waals surface area contributed by atoms with Crippen LogP contribution in [0, 0.1) is 0 Å². The number of carbonyl (C=O) groups excluding carboxylic acids is 1. The van der Waals surface area contributed by atoms with Crippen LogP contribution in [0.25, 0.3) is 10.9 Å². The number of aromatic nitrogens is 1. The second kappa shape index (κ2) is 4.53. The molecular formula is C14H10BrNO2. The van der Waals surface area contributed by atoms with Crippen molar-refractivity contribution in [1.82, 2.24) is 4.98 Å². The molecule has 90 valence electrons. The summed E-state index contributed by atoms with van der Waals surface area (Å²) in [6, 6.07) is 7.81. The van der Waals surface area contributed by atoms with Gasteiger partial charge in [0.25, 0.3) is 0 Å². The molecule has 0 bridgehead atoms. The van der Waals surface area contributed by atoms with Gasteiger partial charge in [0.05, 0.1) is 18.2 Å². The van der Waals surface area contributed by atoms with Crippen molar-refractivity contribution in [2.75, 3.05) is 0 Å². The molecule has 4 heteroatoms. The highest BCUT2D eigenvalue weighted by Crippen LogP contribution is 2.33. The van der Waals surface area contributed by atoms with Crippen LogP contribution in [0.15, 0.2) is 47.3 Å². The highest BCUT2D eigenvalue weighted by atomic mass is 79.9. The molecule has 2 heterocycles. The second-order valence-electron chi connectivity index (χ2n) is 4.13. The Labute approximate surface area is 113 Å². The van der Waals surface area contributed by atoms with E-state index in [2.05, 4.69) is 20.9 Å². The molecule has 2 aromatic rings. The predicted octanol–water partition coefficient (Wildman–Crippen LogP) is 3.54. The maximum atomic E-state index is 11.5. The van der Waals surface area contributed by atoms with E-state index < -0.39 is 0 Å². The molecule has 1 aliphatic rings. The van der Waals surface area contributed by atoms with E-state index >= 15 is 0 Å². The highest BCUT2D eigenvalue weighted by molar-refractivity contribution is 9.10. The number of hydrogen-bond donors (Lipinski definition) is 0. The van der Waals surface area contributed by atoms with E-state index in [-0.39, 0.29) is 11.9 Å². The van der Waals surface area contributed by atoms with E-state index in [9.17, 15) is 4.79 Å². The molecule has 1 aromatic carbocycles. The number of benzene rings is 1. The van der Waals surface area contributed by atoms with Crippen molar-refractivity contribution < 1.29 is 9.53 Å². The van der Waals surface area contributed by atoms with Gasteiger partial charge in [-0.1, -0.05) is 28.1 Å². The van der Waals surface area contributed by atoms with Crippen molar-refractivity contribution >= 4 is 32.6 Å². The summed E-state index contributed by atoms with van der Waals surface area (Å²) in [5, 5.41) is 1.03. The van der Waals surface area contributed by atoms with Crippen LogP contribution in [-0.2, 0) is 9.53 Å². The number of carbonyl (C=O) groups is 1. The minimum absolute atomic E-state index is 0.0817. The third kappa shape index (κ3) is 1.93. The van der Waals surface area contributed by atoms with Gasteiger partial charge in [0.2, 0.25) is 0 Å². The Morgan fingerprint density at radius 2 is 2.22 bits per heavy atom. The van der Waals surface area contributed by atoms with E-state index in [1.165, 1.54) is 12.3 Å². The summed E-state index contributed by atoms with van der Waals surface area (Å²) in [6.45, 7) is 0. The molecule has 18 heavy (non-hydrogen) atoms. The fourth-order valence-corrected chi connectivity index (χ4v) is 2.56. The molecule has 1 aliphatic heterocycles. The van der Waals surface area contributed by atoms with Crippen molar-refractivity contribution in [2.24, 2.45) is 0 Å². The van der Waals surface area contributed by atoms with Crippen molar-refractivity contribution in [2.45, 2.75) is 12.5 Å². The van der Waals surface area contributed by atoms with Gasteiger partial charge in [-0.3, -0.25) is 9.78 Å². The monoisotopic (exact) mass is 303 g/mol. The fraction of sp³-hybridized carbons (Fsp3) is 0.143. The summed E-state index contributed by atoms with van der Waals surface area (Å²) in [5.74, 6) is 0.0817. The zero-order chi connectivity index (χ0) is 12.5. The third-order valence-corrected chi connectivity index (χ3v) is 3.67. The molecule has 0 N–H and O–H groups in total. The van der Waals surface area contributed by atoms with Gasteiger partial charge in [-0.15, -0.1) is 0 Å². The van der Waals surface area contributed by atoms with E-state index in [0.29, 0.717) is 6.42 Å². The molecule has 1 unspecified atom stereocenters. The Bertz CT molecular complexity index is 651. The van der Waals surface area contributed by atoms with Crippen molar-refractivity contribution in [1.29, 1.82) is 0 Å². The quantitative estimate of drug-likeness (QED) is 0.809. The van der Waals surface area contributed by atoms with Crippen molar-refractivity contribution in [3.8, 4) is 0 Å². The van der Waals surface area contributed by atoms with E-state index in [0.717, 1.165) is 20.9 Å².